The average molecular weight is 319 g/mol. The maximum atomic E-state index is 4.71. The van der Waals surface area contributed by atoms with Gasteiger partial charge in [-0.05, 0) is 37.7 Å². The van der Waals surface area contributed by atoms with Crippen LogP contribution in [0.4, 0.5) is 0 Å². The molecule has 1 aliphatic rings. The van der Waals surface area contributed by atoms with E-state index in [0.29, 0.717) is 0 Å². The highest BCUT2D eigenvalue weighted by Gasteiger charge is 2.12. The zero-order valence-electron chi connectivity index (χ0n) is 14.9. The van der Waals surface area contributed by atoms with Crippen LogP contribution in [0.15, 0.2) is 17.4 Å². The molecule has 5 nitrogen and oxygen atoms in total. The van der Waals surface area contributed by atoms with Crippen LogP contribution in [0.25, 0.3) is 0 Å². The topological polar surface area (TPSA) is 54.2 Å². The zero-order chi connectivity index (χ0) is 16.3. The van der Waals surface area contributed by atoms with Gasteiger partial charge in [0.05, 0.1) is 6.20 Å². The smallest absolute Gasteiger partial charge is 0.191 e. The van der Waals surface area contributed by atoms with E-state index in [1.807, 2.05) is 17.9 Å². The lowest BCUT2D eigenvalue weighted by molar-refractivity contribution is 0.334. The van der Waals surface area contributed by atoms with E-state index < -0.39 is 0 Å². The van der Waals surface area contributed by atoms with E-state index in [1.165, 1.54) is 50.5 Å². The lowest BCUT2D eigenvalue weighted by Crippen LogP contribution is -2.38. The van der Waals surface area contributed by atoms with Crippen molar-refractivity contribution in [1.29, 1.82) is 0 Å². The molecule has 1 aromatic rings. The molecule has 0 spiro atoms. The number of aromatic nitrogens is 2. The Morgan fingerprint density at radius 3 is 2.83 bits per heavy atom. The number of rotatable bonds is 8. The van der Waals surface area contributed by atoms with E-state index in [1.54, 1.807) is 0 Å². The third-order valence-electron chi connectivity index (χ3n) is 4.57. The highest BCUT2D eigenvalue weighted by molar-refractivity contribution is 5.79. The highest BCUT2D eigenvalue weighted by Crippen LogP contribution is 2.27. The van der Waals surface area contributed by atoms with Crippen LogP contribution in [0.2, 0.25) is 0 Å². The Labute approximate surface area is 141 Å². The normalized spacial score (nSPS) is 16.5. The molecule has 0 atom stereocenters. The Morgan fingerprint density at radius 1 is 1.30 bits per heavy atom. The predicted octanol–water partition coefficient (Wildman–Crippen LogP) is 2.88. The van der Waals surface area contributed by atoms with Crippen LogP contribution in [0.1, 0.15) is 57.4 Å². The first-order chi connectivity index (χ1) is 11.3. The minimum absolute atomic E-state index is 0.889. The van der Waals surface area contributed by atoms with Crippen LogP contribution >= 0.6 is 0 Å². The maximum Gasteiger partial charge on any atom is 0.191 e. The number of hydrogen-bond donors (Lipinski definition) is 2. The lowest BCUT2D eigenvalue weighted by Gasteiger charge is -2.20. The standard InChI is InChI=1S/C18H33N5/c1-3-19-18(21-13-11-17-14-22-23(2)15-17)20-12-7-10-16-8-5-4-6-9-16/h14-16H,3-13H2,1-2H3,(H2,19,20,21). The van der Waals surface area contributed by atoms with Gasteiger partial charge >= 0.3 is 0 Å². The van der Waals surface area contributed by atoms with Crippen molar-refractivity contribution in [2.24, 2.45) is 18.0 Å². The summed E-state index contributed by atoms with van der Waals surface area (Å²) in [5.74, 6) is 1.90. The van der Waals surface area contributed by atoms with Crippen molar-refractivity contribution in [2.45, 2.75) is 58.3 Å². The fourth-order valence-corrected chi connectivity index (χ4v) is 3.31. The first-order valence-corrected chi connectivity index (χ1v) is 9.27. The van der Waals surface area contributed by atoms with Gasteiger partial charge in [-0.25, -0.2) is 0 Å². The number of aryl methyl sites for hydroxylation is 1. The minimum atomic E-state index is 0.889. The second-order valence-electron chi connectivity index (χ2n) is 6.61. The van der Waals surface area contributed by atoms with E-state index in [2.05, 4.69) is 28.9 Å². The van der Waals surface area contributed by atoms with E-state index in [0.717, 1.165) is 37.9 Å². The molecule has 1 heterocycles. The fraction of sp³-hybridized carbons (Fsp3) is 0.778. The number of guanidine groups is 1. The van der Waals surface area contributed by atoms with Gasteiger partial charge in [-0.2, -0.15) is 5.10 Å². The Balaban J connectivity index is 1.64. The molecule has 1 aromatic heterocycles. The molecule has 0 aromatic carbocycles. The van der Waals surface area contributed by atoms with Crippen LogP contribution in [0.3, 0.4) is 0 Å². The Kier molecular flexibility index (Phi) is 7.98. The van der Waals surface area contributed by atoms with E-state index in [-0.39, 0.29) is 0 Å². The molecule has 0 bridgehead atoms. The van der Waals surface area contributed by atoms with Crippen molar-refractivity contribution in [1.82, 2.24) is 20.4 Å². The van der Waals surface area contributed by atoms with Gasteiger partial charge in [0.15, 0.2) is 5.96 Å². The van der Waals surface area contributed by atoms with Crippen LogP contribution < -0.4 is 10.6 Å². The van der Waals surface area contributed by atoms with Gasteiger partial charge in [0.1, 0.15) is 0 Å². The molecule has 0 saturated heterocycles. The number of nitrogens with zero attached hydrogens (tertiary/aromatic N) is 3. The van der Waals surface area contributed by atoms with Crippen molar-refractivity contribution in [3.63, 3.8) is 0 Å². The van der Waals surface area contributed by atoms with Crippen LogP contribution in [-0.4, -0.2) is 35.4 Å². The molecule has 23 heavy (non-hydrogen) atoms. The first-order valence-electron chi connectivity index (χ1n) is 9.27. The van der Waals surface area contributed by atoms with Crippen LogP contribution in [0.5, 0.6) is 0 Å². The van der Waals surface area contributed by atoms with Gasteiger partial charge in [0, 0.05) is 32.9 Å². The first kappa shape index (κ1) is 17.8. The largest absolute Gasteiger partial charge is 0.357 e. The summed E-state index contributed by atoms with van der Waals surface area (Å²) in [6.07, 6.45) is 14.7. The van der Waals surface area contributed by atoms with Crippen molar-refractivity contribution < 1.29 is 0 Å². The molecular formula is C18H33N5. The number of hydrogen-bond acceptors (Lipinski definition) is 2. The molecule has 1 saturated carbocycles. The molecule has 2 N–H and O–H groups in total. The molecule has 1 aliphatic carbocycles. The summed E-state index contributed by atoms with van der Waals surface area (Å²) in [5, 5.41) is 10.9. The molecule has 130 valence electrons. The van der Waals surface area contributed by atoms with E-state index in [9.17, 15) is 0 Å². The summed E-state index contributed by atoms with van der Waals surface area (Å²) >= 11 is 0. The number of nitrogens with one attached hydrogen (secondary N) is 2. The maximum absolute atomic E-state index is 4.71. The van der Waals surface area contributed by atoms with Crippen molar-refractivity contribution >= 4 is 5.96 Å². The van der Waals surface area contributed by atoms with Crippen LogP contribution in [-0.2, 0) is 13.5 Å². The third-order valence-corrected chi connectivity index (χ3v) is 4.57. The summed E-state index contributed by atoms with van der Waals surface area (Å²) in [6.45, 7) is 4.83. The molecule has 1 fully saturated rings. The van der Waals surface area contributed by atoms with Gasteiger partial charge in [0.25, 0.3) is 0 Å². The average Bonchev–Trinajstić information content (AvgIpc) is 2.98. The molecule has 0 unspecified atom stereocenters. The van der Waals surface area contributed by atoms with Crippen LogP contribution in [0, 0.1) is 5.92 Å². The van der Waals surface area contributed by atoms with Gasteiger partial charge in [0.2, 0.25) is 0 Å². The molecule has 0 aliphatic heterocycles. The summed E-state index contributed by atoms with van der Waals surface area (Å²) in [7, 11) is 1.95. The molecule has 0 radical (unpaired) electrons. The highest BCUT2D eigenvalue weighted by atomic mass is 15.2. The fourth-order valence-electron chi connectivity index (χ4n) is 3.31. The summed E-state index contributed by atoms with van der Waals surface area (Å²) in [4.78, 5) is 4.71. The monoisotopic (exact) mass is 319 g/mol. The summed E-state index contributed by atoms with van der Waals surface area (Å²) in [6, 6.07) is 0. The Hall–Kier alpha value is -1.52. The van der Waals surface area contributed by atoms with Crippen molar-refractivity contribution in [3.05, 3.63) is 18.0 Å². The second-order valence-corrected chi connectivity index (χ2v) is 6.61. The zero-order valence-corrected chi connectivity index (χ0v) is 14.9. The van der Waals surface area contributed by atoms with Gasteiger partial charge in [-0.1, -0.05) is 32.1 Å². The number of aliphatic imine (C=N–C) groups is 1. The molecular weight excluding hydrogens is 286 g/mol. The quantitative estimate of drug-likeness (QED) is 0.440. The van der Waals surface area contributed by atoms with Gasteiger partial charge < -0.3 is 10.6 Å². The molecule has 0 amide bonds. The molecule has 2 rings (SSSR count). The van der Waals surface area contributed by atoms with Crippen molar-refractivity contribution in [2.75, 3.05) is 19.6 Å². The summed E-state index contributed by atoms with van der Waals surface area (Å²) in [5.41, 5.74) is 1.26. The van der Waals surface area contributed by atoms with Gasteiger partial charge in [-0.15, -0.1) is 0 Å². The third kappa shape index (κ3) is 7.06. The Morgan fingerprint density at radius 2 is 2.13 bits per heavy atom. The molecule has 5 heteroatoms. The Bertz CT molecular complexity index is 460. The second kappa shape index (κ2) is 10.3. The van der Waals surface area contributed by atoms with Crippen molar-refractivity contribution in [3.8, 4) is 0 Å². The van der Waals surface area contributed by atoms with E-state index in [4.69, 9.17) is 4.99 Å². The van der Waals surface area contributed by atoms with Gasteiger partial charge in [-0.3, -0.25) is 9.67 Å². The lowest BCUT2D eigenvalue weighted by atomic mass is 9.86. The summed E-state index contributed by atoms with van der Waals surface area (Å²) < 4.78 is 1.85. The van der Waals surface area contributed by atoms with E-state index >= 15 is 0 Å². The SMILES string of the molecule is CCNC(=NCCCC1CCCCC1)NCCc1cnn(C)c1. The minimum Gasteiger partial charge on any atom is -0.357 e. The predicted molar refractivity (Wildman–Crippen MR) is 96.7 cm³/mol.